The number of para-hydroxylation sites is 1. The van der Waals surface area contributed by atoms with E-state index in [4.69, 9.17) is 5.11 Å². The molecule has 4 nitrogen and oxygen atoms in total. The van der Waals surface area contributed by atoms with Gasteiger partial charge >= 0.3 is 0 Å². The van der Waals surface area contributed by atoms with Crippen LogP contribution >= 0.6 is 11.3 Å². The molecule has 1 aromatic heterocycles. The van der Waals surface area contributed by atoms with Gasteiger partial charge in [-0.1, -0.05) is 57.2 Å². The molecule has 2 N–H and O–H groups in total. The zero-order valence-electron chi connectivity index (χ0n) is 15.8. The number of aliphatic hydroxyl groups is 1. The number of benzene rings is 1. The average Bonchev–Trinajstić information content (AvgIpc) is 2.88. The van der Waals surface area contributed by atoms with Crippen molar-refractivity contribution in [2.75, 3.05) is 11.9 Å². The summed E-state index contributed by atoms with van der Waals surface area (Å²) in [4.78, 5) is 13.8. The molecule has 0 spiro atoms. The molecule has 0 saturated heterocycles. The molecule has 0 unspecified atom stereocenters. The summed E-state index contributed by atoms with van der Waals surface area (Å²) in [6.07, 6.45) is 0.638. The lowest BCUT2D eigenvalue weighted by molar-refractivity contribution is -0.685. The van der Waals surface area contributed by atoms with E-state index in [1.54, 1.807) is 11.3 Å². The summed E-state index contributed by atoms with van der Waals surface area (Å²) in [6, 6.07) is 6.25. The minimum absolute atomic E-state index is 0.0172. The Morgan fingerprint density at radius 1 is 1.20 bits per heavy atom. The van der Waals surface area contributed by atoms with Crippen molar-refractivity contribution in [3.8, 4) is 0 Å². The predicted octanol–water partition coefficient (Wildman–Crippen LogP) is 3.76. The standard InChI is InChI=1S/C20H28N2O2S/c1-13(2)16-7-6-8-17(14(3)4)20(16)21-19(24)11-22-12-25-18(9-10-23)15(22)5/h6-8,12-14,23H,9-11H2,1-5H3/p+1. The maximum atomic E-state index is 12.7. The van der Waals surface area contributed by atoms with Crippen LogP contribution in [0.3, 0.4) is 0 Å². The van der Waals surface area contributed by atoms with Gasteiger partial charge in [0, 0.05) is 25.6 Å². The zero-order valence-corrected chi connectivity index (χ0v) is 16.6. The summed E-state index contributed by atoms with van der Waals surface area (Å²) in [5, 5.41) is 12.3. The number of hydrogen-bond donors (Lipinski definition) is 2. The van der Waals surface area contributed by atoms with Crippen molar-refractivity contribution in [2.24, 2.45) is 0 Å². The van der Waals surface area contributed by atoms with Crippen LogP contribution in [0.25, 0.3) is 0 Å². The molecular formula is C20H29N2O2S+. The summed E-state index contributed by atoms with van der Waals surface area (Å²) < 4.78 is 1.96. The molecule has 0 bridgehead atoms. The summed E-state index contributed by atoms with van der Waals surface area (Å²) in [5.41, 5.74) is 6.31. The van der Waals surface area contributed by atoms with Crippen LogP contribution in [0.2, 0.25) is 0 Å². The average molecular weight is 362 g/mol. The van der Waals surface area contributed by atoms with E-state index in [1.807, 2.05) is 17.0 Å². The lowest BCUT2D eigenvalue weighted by atomic mass is 9.92. The largest absolute Gasteiger partial charge is 0.396 e. The van der Waals surface area contributed by atoms with E-state index in [2.05, 4.69) is 51.2 Å². The van der Waals surface area contributed by atoms with Gasteiger partial charge in [-0.05, 0) is 23.0 Å². The summed E-state index contributed by atoms with van der Waals surface area (Å²) in [5.74, 6) is 0.679. The monoisotopic (exact) mass is 361 g/mol. The number of hydrogen-bond acceptors (Lipinski definition) is 3. The maximum Gasteiger partial charge on any atom is 0.290 e. The van der Waals surface area contributed by atoms with Crippen molar-refractivity contribution >= 4 is 22.9 Å². The highest BCUT2D eigenvalue weighted by molar-refractivity contribution is 7.09. The number of rotatable bonds is 7. The fraction of sp³-hybridized carbons (Fsp3) is 0.500. The Morgan fingerprint density at radius 3 is 2.32 bits per heavy atom. The number of aliphatic hydroxyl groups excluding tert-OH is 1. The second kappa shape index (κ2) is 8.59. The quantitative estimate of drug-likeness (QED) is 0.738. The first kappa shape index (κ1) is 19.6. The van der Waals surface area contributed by atoms with Gasteiger partial charge in [0.1, 0.15) is 0 Å². The third-order valence-corrected chi connectivity index (χ3v) is 5.59. The van der Waals surface area contributed by atoms with Gasteiger partial charge < -0.3 is 10.4 Å². The topological polar surface area (TPSA) is 53.2 Å². The van der Waals surface area contributed by atoms with Gasteiger partial charge in [-0.3, -0.25) is 4.79 Å². The molecule has 0 fully saturated rings. The Morgan fingerprint density at radius 2 is 1.80 bits per heavy atom. The summed E-state index contributed by atoms with van der Waals surface area (Å²) in [7, 11) is 0. The number of carbonyl (C=O) groups excluding carboxylic acids is 1. The molecule has 0 aliphatic rings. The molecule has 0 saturated carbocycles. The SMILES string of the molecule is Cc1c(CCO)sc[n+]1CC(=O)Nc1c(C(C)C)cccc1C(C)C. The van der Waals surface area contributed by atoms with E-state index in [0.29, 0.717) is 18.3 Å². The van der Waals surface area contributed by atoms with Crippen molar-refractivity contribution < 1.29 is 14.5 Å². The number of nitrogens with zero attached hydrogens (tertiary/aromatic N) is 1. The Balaban J connectivity index is 2.23. The lowest BCUT2D eigenvalue weighted by Crippen LogP contribution is -2.41. The Bertz CT molecular complexity index is 709. The first-order valence-corrected chi connectivity index (χ1v) is 9.73. The van der Waals surface area contributed by atoms with Crippen LogP contribution < -0.4 is 9.88 Å². The predicted molar refractivity (Wildman–Crippen MR) is 103 cm³/mol. The number of aromatic nitrogens is 1. The fourth-order valence-electron chi connectivity index (χ4n) is 2.98. The normalized spacial score (nSPS) is 11.4. The van der Waals surface area contributed by atoms with E-state index >= 15 is 0 Å². The van der Waals surface area contributed by atoms with Crippen LogP contribution in [0, 0.1) is 6.92 Å². The van der Waals surface area contributed by atoms with Gasteiger partial charge in [-0.25, -0.2) is 0 Å². The van der Waals surface area contributed by atoms with E-state index in [9.17, 15) is 4.79 Å². The molecule has 0 aliphatic carbocycles. The fourth-order valence-corrected chi connectivity index (χ4v) is 3.96. The van der Waals surface area contributed by atoms with Crippen molar-refractivity contribution in [3.63, 3.8) is 0 Å². The van der Waals surface area contributed by atoms with Crippen LogP contribution in [0.15, 0.2) is 23.7 Å². The van der Waals surface area contributed by atoms with Gasteiger partial charge in [0.2, 0.25) is 12.1 Å². The number of thiazole rings is 1. The molecule has 2 rings (SSSR count). The van der Waals surface area contributed by atoms with E-state index in [0.717, 1.165) is 16.3 Å². The minimum Gasteiger partial charge on any atom is -0.396 e. The molecule has 0 aliphatic heterocycles. The van der Waals surface area contributed by atoms with Crippen molar-refractivity contribution in [3.05, 3.63) is 45.4 Å². The van der Waals surface area contributed by atoms with Gasteiger partial charge in [-0.15, -0.1) is 0 Å². The van der Waals surface area contributed by atoms with Crippen LogP contribution in [-0.4, -0.2) is 17.6 Å². The van der Waals surface area contributed by atoms with E-state index in [-0.39, 0.29) is 19.1 Å². The number of carbonyl (C=O) groups is 1. The lowest BCUT2D eigenvalue weighted by Gasteiger charge is -2.19. The number of nitrogens with one attached hydrogen (secondary N) is 1. The van der Waals surface area contributed by atoms with E-state index < -0.39 is 0 Å². The maximum absolute atomic E-state index is 12.7. The van der Waals surface area contributed by atoms with Crippen LogP contribution in [0.5, 0.6) is 0 Å². The molecule has 136 valence electrons. The molecule has 1 aromatic carbocycles. The molecule has 5 heteroatoms. The van der Waals surface area contributed by atoms with Gasteiger partial charge in [-0.2, -0.15) is 4.57 Å². The molecule has 0 radical (unpaired) electrons. The second-order valence-electron chi connectivity index (χ2n) is 7.00. The molecule has 1 heterocycles. The van der Waals surface area contributed by atoms with Crippen LogP contribution in [-0.2, 0) is 17.8 Å². The Kier molecular flexibility index (Phi) is 6.73. The van der Waals surface area contributed by atoms with Gasteiger partial charge in [0.25, 0.3) is 5.91 Å². The second-order valence-corrected chi connectivity index (χ2v) is 7.94. The molecule has 0 atom stereocenters. The number of amides is 1. The highest BCUT2D eigenvalue weighted by Crippen LogP contribution is 2.32. The third kappa shape index (κ3) is 4.67. The van der Waals surface area contributed by atoms with Gasteiger partial charge in [0.05, 0.1) is 4.88 Å². The highest BCUT2D eigenvalue weighted by atomic mass is 32.1. The Hall–Kier alpha value is -1.72. The van der Waals surface area contributed by atoms with Crippen molar-refractivity contribution in [2.45, 2.75) is 59.4 Å². The first-order chi connectivity index (χ1) is 11.8. The molecule has 2 aromatic rings. The van der Waals surface area contributed by atoms with E-state index in [1.165, 1.54) is 11.1 Å². The highest BCUT2D eigenvalue weighted by Gasteiger charge is 2.21. The third-order valence-electron chi connectivity index (χ3n) is 4.45. The van der Waals surface area contributed by atoms with Gasteiger partial charge in [0.15, 0.2) is 5.69 Å². The zero-order chi connectivity index (χ0) is 18.6. The molecule has 25 heavy (non-hydrogen) atoms. The first-order valence-electron chi connectivity index (χ1n) is 8.85. The minimum atomic E-state index is -0.0172. The van der Waals surface area contributed by atoms with Crippen LogP contribution in [0.4, 0.5) is 5.69 Å². The summed E-state index contributed by atoms with van der Waals surface area (Å²) >= 11 is 1.59. The van der Waals surface area contributed by atoms with Crippen LogP contribution in [0.1, 0.15) is 61.2 Å². The van der Waals surface area contributed by atoms with Crippen molar-refractivity contribution in [1.29, 1.82) is 0 Å². The number of anilines is 1. The Labute approximate surface area is 154 Å². The summed E-state index contributed by atoms with van der Waals surface area (Å²) in [6.45, 7) is 11.0. The smallest absolute Gasteiger partial charge is 0.290 e. The molecular weight excluding hydrogens is 332 g/mol. The van der Waals surface area contributed by atoms with Crippen molar-refractivity contribution in [1.82, 2.24) is 0 Å². The molecule has 1 amide bonds.